The molecule has 1 amide bonds. The average Bonchev–Trinajstić information content (AvgIpc) is 3.20. The van der Waals surface area contributed by atoms with Crippen LogP contribution in [0.5, 0.6) is 5.75 Å². The van der Waals surface area contributed by atoms with Gasteiger partial charge < -0.3 is 20.1 Å². The third-order valence-corrected chi connectivity index (χ3v) is 6.49. The third-order valence-electron chi connectivity index (χ3n) is 6.05. The van der Waals surface area contributed by atoms with E-state index in [1.807, 2.05) is 24.3 Å². The van der Waals surface area contributed by atoms with Crippen LogP contribution < -0.4 is 15.6 Å². The van der Waals surface area contributed by atoms with Gasteiger partial charge in [-0.2, -0.15) is 0 Å². The molecule has 11 heteroatoms. The number of benzene rings is 2. The molecule has 0 atom stereocenters. The summed E-state index contributed by atoms with van der Waals surface area (Å²) in [6.45, 7) is 8.14. The summed E-state index contributed by atoms with van der Waals surface area (Å²) in [7, 11) is -4.65. The van der Waals surface area contributed by atoms with Gasteiger partial charge in [0, 0.05) is 24.9 Å². The summed E-state index contributed by atoms with van der Waals surface area (Å²) in [6.07, 6.45) is 3.95. The molecule has 0 aliphatic rings. The molecule has 0 fully saturated rings. The number of aromatic nitrogens is 3. The first-order valence-corrected chi connectivity index (χ1v) is 13.4. The van der Waals surface area contributed by atoms with E-state index in [9.17, 15) is 9.36 Å². The van der Waals surface area contributed by atoms with Crippen LogP contribution in [0, 0.1) is 6.92 Å². The minimum absolute atomic E-state index is 0.133. The highest BCUT2D eigenvalue weighted by Crippen LogP contribution is 2.39. The number of rotatable bonds is 10. The number of pyridine rings is 1. The van der Waals surface area contributed by atoms with Gasteiger partial charge in [-0.25, -0.2) is 14.5 Å². The van der Waals surface area contributed by atoms with Crippen LogP contribution in [-0.4, -0.2) is 30.2 Å². The number of phosphoric ester groups is 1. The Morgan fingerprint density at radius 2 is 1.97 bits per heavy atom. The number of anilines is 1. The number of phosphoric acid groups is 1. The molecule has 0 unspecified atom stereocenters. The molecule has 0 bridgehead atoms. The molecule has 5 N–H and O–H groups in total. The molecule has 4 rings (SSSR count). The fourth-order valence-electron chi connectivity index (χ4n) is 4.29. The van der Waals surface area contributed by atoms with E-state index in [0.29, 0.717) is 35.5 Å². The number of nitrogens with two attached hydrogens (primary N) is 1. The van der Waals surface area contributed by atoms with Crippen molar-refractivity contribution in [1.82, 2.24) is 19.9 Å². The molecule has 2 heterocycles. The summed E-state index contributed by atoms with van der Waals surface area (Å²) in [5.41, 5.74) is 11.0. The Labute approximate surface area is 214 Å². The highest BCUT2D eigenvalue weighted by molar-refractivity contribution is 7.46. The lowest BCUT2D eigenvalue weighted by Crippen LogP contribution is -2.19. The average molecular weight is 524 g/mol. The molecule has 0 aliphatic heterocycles. The maximum absolute atomic E-state index is 11.6. The standard InChI is InChI=1S/C26H30N5O5P/c1-4-6-7-22-30-24-25(31(22)15-18-9-11-21(16(3)12-18)36-37(33,34)35)19-10-8-17(14-28-23(32)5-2)13-20(19)29-26(24)27/h5,8-13H,2,4,6-7,14-15H2,1,3H3,(H2,27,29)(H,28,32)(H2,33,34,35). The van der Waals surface area contributed by atoms with Crippen molar-refractivity contribution in [2.24, 2.45) is 0 Å². The van der Waals surface area contributed by atoms with E-state index < -0.39 is 7.82 Å². The number of imidazole rings is 1. The lowest BCUT2D eigenvalue weighted by atomic mass is 10.1. The van der Waals surface area contributed by atoms with Crippen LogP contribution in [0.25, 0.3) is 21.9 Å². The normalized spacial score (nSPS) is 11.7. The van der Waals surface area contributed by atoms with Crippen LogP contribution in [-0.2, 0) is 28.9 Å². The molecule has 2 aromatic carbocycles. The Hall–Kier alpha value is -3.72. The summed E-state index contributed by atoms with van der Waals surface area (Å²) in [5.74, 6) is 1.09. The second-order valence-corrected chi connectivity index (χ2v) is 10.0. The first-order chi connectivity index (χ1) is 17.6. The predicted molar refractivity (Wildman–Crippen MR) is 143 cm³/mol. The number of fused-ring (bicyclic) bond motifs is 3. The van der Waals surface area contributed by atoms with E-state index in [2.05, 4.69) is 28.4 Å². The van der Waals surface area contributed by atoms with Crippen LogP contribution in [0.4, 0.5) is 5.82 Å². The minimum atomic E-state index is -4.65. The fourth-order valence-corrected chi connectivity index (χ4v) is 4.75. The van der Waals surface area contributed by atoms with Gasteiger partial charge in [-0.15, -0.1) is 0 Å². The molecule has 0 aliphatic carbocycles. The van der Waals surface area contributed by atoms with E-state index in [0.717, 1.165) is 47.1 Å². The largest absolute Gasteiger partial charge is 0.524 e. The number of aryl methyl sites for hydroxylation is 2. The number of amides is 1. The summed E-state index contributed by atoms with van der Waals surface area (Å²) in [4.78, 5) is 39.3. The second kappa shape index (κ2) is 10.7. The molecule has 4 aromatic rings. The molecule has 0 spiro atoms. The maximum atomic E-state index is 11.6. The molecule has 10 nitrogen and oxygen atoms in total. The van der Waals surface area contributed by atoms with E-state index in [1.165, 1.54) is 6.08 Å². The topological polar surface area (TPSA) is 153 Å². The number of hydrogen-bond donors (Lipinski definition) is 4. The van der Waals surface area contributed by atoms with Gasteiger partial charge in [-0.3, -0.25) is 14.6 Å². The van der Waals surface area contributed by atoms with Crippen molar-refractivity contribution >= 4 is 41.5 Å². The molecule has 2 aromatic heterocycles. The van der Waals surface area contributed by atoms with Crippen molar-refractivity contribution in [3.8, 4) is 5.75 Å². The zero-order valence-corrected chi connectivity index (χ0v) is 21.7. The summed E-state index contributed by atoms with van der Waals surface area (Å²) in [6, 6.07) is 11.0. The number of unbranched alkanes of at least 4 members (excludes halogenated alkanes) is 1. The Morgan fingerprint density at radius 3 is 2.65 bits per heavy atom. The van der Waals surface area contributed by atoms with E-state index in [4.69, 9.17) is 25.0 Å². The van der Waals surface area contributed by atoms with E-state index in [1.54, 1.807) is 19.1 Å². The number of carbonyl (C=O) groups is 1. The lowest BCUT2D eigenvalue weighted by Gasteiger charge is -2.14. The molecule has 194 valence electrons. The van der Waals surface area contributed by atoms with Crippen molar-refractivity contribution in [2.45, 2.75) is 46.2 Å². The van der Waals surface area contributed by atoms with Gasteiger partial charge >= 0.3 is 7.82 Å². The van der Waals surface area contributed by atoms with Gasteiger partial charge in [0.15, 0.2) is 5.82 Å². The van der Waals surface area contributed by atoms with E-state index in [-0.39, 0.29) is 11.7 Å². The quantitative estimate of drug-likeness (QED) is 0.179. The zero-order chi connectivity index (χ0) is 26.7. The fraction of sp³-hybridized carbons (Fsp3) is 0.269. The van der Waals surface area contributed by atoms with Gasteiger partial charge in [-0.1, -0.05) is 44.2 Å². The Balaban J connectivity index is 1.80. The van der Waals surface area contributed by atoms with Crippen LogP contribution in [0.15, 0.2) is 49.1 Å². The molecule has 37 heavy (non-hydrogen) atoms. The van der Waals surface area contributed by atoms with E-state index >= 15 is 0 Å². The molecular formula is C26H30N5O5P. The Kier molecular flexibility index (Phi) is 7.63. The van der Waals surface area contributed by atoms with Crippen molar-refractivity contribution in [3.05, 3.63) is 71.6 Å². The predicted octanol–water partition coefficient (Wildman–Crippen LogP) is 4.14. The van der Waals surface area contributed by atoms with Crippen molar-refractivity contribution in [1.29, 1.82) is 0 Å². The second-order valence-electron chi connectivity index (χ2n) is 8.87. The van der Waals surface area contributed by atoms with Gasteiger partial charge in [-0.05, 0) is 48.2 Å². The van der Waals surface area contributed by atoms with Crippen LogP contribution >= 0.6 is 7.82 Å². The van der Waals surface area contributed by atoms with Gasteiger partial charge in [0.2, 0.25) is 5.91 Å². The van der Waals surface area contributed by atoms with Crippen LogP contribution in [0.2, 0.25) is 0 Å². The first-order valence-electron chi connectivity index (χ1n) is 11.9. The number of hydrogen-bond acceptors (Lipinski definition) is 6. The SMILES string of the molecule is C=CC(=O)NCc1ccc2c(c1)nc(N)c1nc(CCCC)n(Cc3ccc(OP(=O)(O)O)c(C)c3)c12. The summed E-state index contributed by atoms with van der Waals surface area (Å²) >= 11 is 0. The molecule has 0 radical (unpaired) electrons. The Morgan fingerprint density at radius 1 is 1.22 bits per heavy atom. The molecular weight excluding hydrogens is 493 g/mol. The minimum Gasteiger partial charge on any atom is -0.404 e. The van der Waals surface area contributed by atoms with Crippen LogP contribution in [0.1, 0.15) is 42.3 Å². The van der Waals surface area contributed by atoms with Crippen molar-refractivity contribution in [2.75, 3.05) is 5.73 Å². The van der Waals surface area contributed by atoms with Gasteiger partial charge in [0.05, 0.1) is 11.0 Å². The highest BCUT2D eigenvalue weighted by atomic mass is 31.2. The molecule has 0 saturated carbocycles. The first kappa shape index (κ1) is 26.3. The summed E-state index contributed by atoms with van der Waals surface area (Å²) in [5, 5.41) is 3.65. The monoisotopic (exact) mass is 523 g/mol. The smallest absolute Gasteiger partial charge is 0.404 e. The third kappa shape index (κ3) is 5.99. The number of carbonyl (C=O) groups excluding carboxylic acids is 1. The lowest BCUT2D eigenvalue weighted by molar-refractivity contribution is -0.116. The van der Waals surface area contributed by atoms with Crippen LogP contribution in [0.3, 0.4) is 0 Å². The number of nitrogens with one attached hydrogen (secondary N) is 1. The zero-order valence-electron chi connectivity index (χ0n) is 20.8. The Bertz CT molecular complexity index is 1540. The number of nitrogens with zero attached hydrogens (tertiary/aromatic N) is 3. The van der Waals surface area contributed by atoms with Gasteiger partial charge in [0.25, 0.3) is 0 Å². The molecule has 0 saturated heterocycles. The number of nitrogen functional groups attached to an aromatic ring is 1. The highest BCUT2D eigenvalue weighted by Gasteiger charge is 2.20. The van der Waals surface area contributed by atoms with Gasteiger partial charge in [0.1, 0.15) is 17.1 Å². The van der Waals surface area contributed by atoms with Crippen molar-refractivity contribution < 1.29 is 23.7 Å². The maximum Gasteiger partial charge on any atom is 0.524 e. The van der Waals surface area contributed by atoms with Crippen molar-refractivity contribution in [3.63, 3.8) is 0 Å². The summed E-state index contributed by atoms with van der Waals surface area (Å²) < 4.78 is 18.2.